The summed E-state index contributed by atoms with van der Waals surface area (Å²) in [7, 11) is 0. The first kappa shape index (κ1) is 13.3. The first-order valence-electron chi connectivity index (χ1n) is 6.16. The monoisotopic (exact) mass is 221 g/mol. The minimum atomic E-state index is 0.152. The Bertz CT molecular complexity index is 356. The van der Waals surface area contributed by atoms with Gasteiger partial charge in [0.25, 0.3) is 0 Å². The van der Waals surface area contributed by atoms with Gasteiger partial charge in [0.05, 0.1) is 0 Å². The molecular weight excluding hydrogens is 194 g/mol. The molecule has 0 aliphatic carbocycles. The van der Waals surface area contributed by atoms with Crippen molar-refractivity contribution < 1.29 is 0 Å². The number of aromatic amines is 1. The molecule has 0 unspecified atom stereocenters. The highest BCUT2D eigenvalue weighted by Gasteiger charge is 2.38. The summed E-state index contributed by atoms with van der Waals surface area (Å²) in [4.78, 5) is 3.46. The Hall–Kier alpha value is -0.720. The van der Waals surface area contributed by atoms with Crippen LogP contribution in [0, 0.1) is 5.41 Å². The molecule has 0 saturated heterocycles. The summed E-state index contributed by atoms with van der Waals surface area (Å²) in [6, 6.07) is 2.23. The Kier molecular flexibility index (Phi) is 3.04. The van der Waals surface area contributed by atoms with Crippen molar-refractivity contribution in [1.82, 2.24) is 4.98 Å². The molecule has 0 fully saturated rings. The molecule has 1 rings (SSSR count). The third kappa shape index (κ3) is 2.18. The summed E-state index contributed by atoms with van der Waals surface area (Å²) >= 11 is 0. The van der Waals surface area contributed by atoms with E-state index in [1.807, 2.05) is 0 Å². The average Bonchev–Trinajstić information content (AvgIpc) is 2.47. The van der Waals surface area contributed by atoms with Crippen LogP contribution in [0.3, 0.4) is 0 Å². The molecule has 0 atom stereocenters. The number of nitrogens with one attached hydrogen (secondary N) is 1. The van der Waals surface area contributed by atoms with Crippen LogP contribution in [0.1, 0.15) is 66.6 Å². The van der Waals surface area contributed by atoms with Gasteiger partial charge in [-0.25, -0.2) is 0 Å². The van der Waals surface area contributed by atoms with E-state index >= 15 is 0 Å². The Balaban J connectivity index is 3.31. The van der Waals surface area contributed by atoms with Gasteiger partial charge in [0.1, 0.15) is 0 Å². The highest BCUT2D eigenvalue weighted by atomic mass is 14.7. The molecule has 1 heteroatoms. The maximum atomic E-state index is 3.46. The molecule has 1 nitrogen and oxygen atoms in total. The summed E-state index contributed by atoms with van der Waals surface area (Å²) in [5.74, 6) is 0. The highest BCUT2D eigenvalue weighted by Crippen LogP contribution is 2.43. The lowest BCUT2D eigenvalue weighted by Gasteiger charge is -2.40. The largest absolute Gasteiger partial charge is 0.364 e. The number of hydrogen-bond donors (Lipinski definition) is 1. The quantitative estimate of drug-likeness (QED) is 0.711. The third-order valence-electron chi connectivity index (χ3n) is 4.06. The van der Waals surface area contributed by atoms with E-state index in [0.717, 1.165) is 0 Å². The molecule has 0 aliphatic rings. The van der Waals surface area contributed by atoms with E-state index in [1.165, 1.54) is 11.3 Å². The van der Waals surface area contributed by atoms with Crippen molar-refractivity contribution in [2.75, 3.05) is 0 Å². The predicted molar refractivity (Wildman–Crippen MR) is 72.0 cm³/mol. The lowest BCUT2D eigenvalue weighted by Crippen LogP contribution is -2.36. The van der Waals surface area contributed by atoms with Gasteiger partial charge < -0.3 is 4.98 Å². The van der Waals surface area contributed by atoms with E-state index in [-0.39, 0.29) is 16.2 Å². The molecule has 0 amide bonds. The normalized spacial score (nSPS) is 14.2. The van der Waals surface area contributed by atoms with Crippen LogP contribution in [-0.4, -0.2) is 4.98 Å². The van der Waals surface area contributed by atoms with Crippen LogP contribution in [-0.2, 0) is 10.8 Å². The molecule has 1 aromatic heterocycles. The van der Waals surface area contributed by atoms with Crippen molar-refractivity contribution in [3.05, 3.63) is 23.5 Å². The first-order chi connectivity index (χ1) is 6.98. The molecule has 0 radical (unpaired) electrons. The fourth-order valence-corrected chi connectivity index (χ4v) is 1.89. The second kappa shape index (κ2) is 3.65. The molecular formula is C15H27N. The fraction of sp³-hybridized carbons (Fsp3) is 0.733. The second-order valence-electron chi connectivity index (χ2n) is 7.39. The van der Waals surface area contributed by atoms with Crippen LogP contribution in [0.5, 0.6) is 0 Å². The third-order valence-corrected chi connectivity index (χ3v) is 4.06. The summed E-state index contributed by atoms with van der Waals surface area (Å²) in [6.07, 6.45) is 2.07. The van der Waals surface area contributed by atoms with Crippen LogP contribution in [0.2, 0.25) is 0 Å². The van der Waals surface area contributed by atoms with Gasteiger partial charge in [0.15, 0.2) is 0 Å². The maximum absolute atomic E-state index is 3.46. The zero-order valence-corrected chi connectivity index (χ0v) is 12.2. The minimum absolute atomic E-state index is 0.152. The second-order valence-corrected chi connectivity index (χ2v) is 7.39. The first-order valence-corrected chi connectivity index (χ1v) is 6.16. The lowest BCUT2D eigenvalue weighted by atomic mass is 9.65. The van der Waals surface area contributed by atoms with E-state index in [9.17, 15) is 0 Å². The van der Waals surface area contributed by atoms with E-state index in [2.05, 4.69) is 72.6 Å². The summed E-state index contributed by atoms with van der Waals surface area (Å²) in [5, 5.41) is 0. The standard InChI is InChI=1S/C15H27N/c1-13(2,3)11-9-10-16-12(11)15(7,8)14(4,5)6/h9-10,16H,1-8H3. The van der Waals surface area contributed by atoms with Gasteiger partial charge >= 0.3 is 0 Å². The molecule has 0 spiro atoms. The van der Waals surface area contributed by atoms with Crippen molar-refractivity contribution in [2.24, 2.45) is 5.41 Å². The van der Waals surface area contributed by atoms with Crippen LogP contribution in [0.15, 0.2) is 12.3 Å². The summed E-state index contributed by atoms with van der Waals surface area (Å²) in [5.41, 5.74) is 3.43. The van der Waals surface area contributed by atoms with Gasteiger partial charge in [-0.15, -0.1) is 0 Å². The molecule has 16 heavy (non-hydrogen) atoms. The fourth-order valence-electron chi connectivity index (χ4n) is 1.89. The molecule has 0 aliphatic heterocycles. The van der Waals surface area contributed by atoms with E-state index < -0.39 is 0 Å². The lowest BCUT2D eigenvalue weighted by molar-refractivity contribution is 0.217. The Morgan fingerprint density at radius 3 is 1.75 bits per heavy atom. The molecule has 0 aromatic carbocycles. The smallest absolute Gasteiger partial charge is 0.0247 e. The van der Waals surface area contributed by atoms with Crippen molar-refractivity contribution in [2.45, 2.75) is 66.2 Å². The molecule has 0 bridgehead atoms. The zero-order chi connectivity index (χ0) is 12.8. The van der Waals surface area contributed by atoms with Gasteiger partial charge in [-0.2, -0.15) is 0 Å². The Labute approximate surface area is 101 Å². The van der Waals surface area contributed by atoms with Crippen LogP contribution in [0.4, 0.5) is 0 Å². The molecule has 1 heterocycles. The molecule has 1 aromatic rings. The number of H-pyrrole nitrogens is 1. The van der Waals surface area contributed by atoms with Crippen LogP contribution >= 0.6 is 0 Å². The average molecular weight is 221 g/mol. The Morgan fingerprint density at radius 1 is 0.875 bits per heavy atom. The van der Waals surface area contributed by atoms with E-state index in [0.29, 0.717) is 0 Å². The predicted octanol–water partition coefficient (Wildman–Crippen LogP) is 4.64. The van der Waals surface area contributed by atoms with Crippen molar-refractivity contribution in [3.63, 3.8) is 0 Å². The zero-order valence-electron chi connectivity index (χ0n) is 12.2. The summed E-state index contributed by atoms with van der Waals surface area (Å²) < 4.78 is 0. The molecule has 1 N–H and O–H groups in total. The Morgan fingerprint density at radius 2 is 1.38 bits per heavy atom. The summed E-state index contributed by atoms with van der Waals surface area (Å²) in [6.45, 7) is 18.4. The topological polar surface area (TPSA) is 15.8 Å². The SMILES string of the molecule is CC(C)(C)c1cc[nH]c1C(C)(C)C(C)(C)C. The van der Waals surface area contributed by atoms with Crippen molar-refractivity contribution in [1.29, 1.82) is 0 Å². The van der Waals surface area contributed by atoms with E-state index in [4.69, 9.17) is 0 Å². The number of aromatic nitrogens is 1. The van der Waals surface area contributed by atoms with Gasteiger partial charge in [0, 0.05) is 17.3 Å². The van der Waals surface area contributed by atoms with Crippen molar-refractivity contribution >= 4 is 0 Å². The molecule has 92 valence electrons. The molecule has 0 saturated carbocycles. The van der Waals surface area contributed by atoms with Crippen molar-refractivity contribution in [3.8, 4) is 0 Å². The minimum Gasteiger partial charge on any atom is -0.364 e. The van der Waals surface area contributed by atoms with Crippen LogP contribution in [0.25, 0.3) is 0 Å². The maximum Gasteiger partial charge on any atom is 0.0247 e. The van der Waals surface area contributed by atoms with E-state index in [1.54, 1.807) is 0 Å². The van der Waals surface area contributed by atoms with Gasteiger partial charge in [-0.05, 0) is 22.5 Å². The van der Waals surface area contributed by atoms with Crippen LogP contribution < -0.4 is 0 Å². The highest BCUT2D eigenvalue weighted by molar-refractivity contribution is 5.34. The van der Waals surface area contributed by atoms with Gasteiger partial charge in [0.2, 0.25) is 0 Å². The van der Waals surface area contributed by atoms with Gasteiger partial charge in [-0.3, -0.25) is 0 Å². The number of rotatable bonds is 1. The van der Waals surface area contributed by atoms with Gasteiger partial charge in [-0.1, -0.05) is 55.4 Å². The number of hydrogen-bond acceptors (Lipinski definition) is 0.